The van der Waals surface area contributed by atoms with Gasteiger partial charge < -0.3 is 13.7 Å². The summed E-state index contributed by atoms with van der Waals surface area (Å²) in [7, 11) is -8.28. The normalized spacial score (nSPS) is 23.3. The van der Waals surface area contributed by atoms with Gasteiger partial charge in [-0.15, -0.1) is 17.5 Å². The Kier molecular flexibility index (Phi) is 14.9. The van der Waals surface area contributed by atoms with Crippen LogP contribution in [0.2, 0.25) is 39.3 Å². The van der Waals surface area contributed by atoms with Gasteiger partial charge in [0.2, 0.25) is 0 Å². The first-order chi connectivity index (χ1) is 23.4. The summed E-state index contributed by atoms with van der Waals surface area (Å²) >= 11 is 0. The molecule has 2 saturated heterocycles. The van der Waals surface area contributed by atoms with Gasteiger partial charge in [-0.2, -0.15) is 21.6 Å². The fourth-order valence-electron chi connectivity index (χ4n) is 5.88. The molecule has 0 spiro atoms. The first-order valence-corrected chi connectivity index (χ1v) is 26.3. The predicted octanol–water partition coefficient (Wildman–Crippen LogP) is 9.15. The van der Waals surface area contributed by atoms with E-state index in [2.05, 4.69) is 66.5 Å². The second-order valence-corrected chi connectivity index (χ2v) is 28.6. The molecule has 0 aromatic carbocycles. The first-order valence-electron chi connectivity index (χ1n) is 17.9. The van der Waals surface area contributed by atoms with Gasteiger partial charge in [0.25, 0.3) is 0 Å². The van der Waals surface area contributed by atoms with Crippen LogP contribution < -0.4 is 0 Å². The average molecular weight is 789 g/mol. The lowest BCUT2D eigenvalue weighted by atomic mass is 10.0. The molecule has 0 aromatic rings. The van der Waals surface area contributed by atoms with Gasteiger partial charge in [-0.3, -0.25) is 9.80 Å². The summed E-state index contributed by atoms with van der Waals surface area (Å²) in [5.41, 5.74) is 0.589. The zero-order valence-corrected chi connectivity index (χ0v) is 35.8. The minimum absolute atomic E-state index is 0.117. The lowest BCUT2D eigenvalue weighted by molar-refractivity contribution is -0.0528. The third kappa shape index (κ3) is 14.2. The number of ether oxygens (including phenoxy) is 2. The van der Waals surface area contributed by atoms with E-state index < -0.39 is 55.1 Å². The minimum atomic E-state index is -5.77. The molecule has 4 aliphatic rings. The fourth-order valence-corrected chi connectivity index (χ4v) is 6.92. The Labute approximate surface area is 312 Å². The van der Waals surface area contributed by atoms with Crippen LogP contribution in [-0.4, -0.2) is 87.4 Å². The van der Waals surface area contributed by atoms with E-state index in [4.69, 9.17) is 15.9 Å². The number of hydrogen-bond donors (Lipinski definition) is 0. The number of carbonyl (C=O) groups is 2. The van der Waals surface area contributed by atoms with E-state index >= 15 is 0 Å². The third-order valence-electron chi connectivity index (χ3n) is 8.11. The zero-order chi connectivity index (χ0) is 40.1. The van der Waals surface area contributed by atoms with E-state index in [-0.39, 0.29) is 23.9 Å². The van der Waals surface area contributed by atoms with Crippen LogP contribution in [0.4, 0.5) is 22.8 Å². The molecule has 294 valence electrons. The molecule has 2 amide bonds. The summed E-state index contributed by atoms with van der Waals surface area (Å²) in [5, 5.41) is 0. The standard InChI is InChI=1S/C18H29NO2Si.C14H20F3NO5S.C5H10Si/c1-18(2,3)21-17(20)19-15-9-7-8-14(16(19)11-10-15)12-13-22(4,5)6;1-13(2,3)22-12(19)18-9-5-4-6-11(10(18)8-7-9)23-24(20,21)14(15,16)17;1-5-6(2,3)4/h8,15-16H,7,9-11H2,1-6H3;6,9-10H,4-5,7-8H2,1-3H3;1H,2-4H3/t15-,16?;9-,10?;/m00./s1. The first kappa shape index (κ1) is 45.3. The van der Waals surface area contributed by atoms with Gasteiger partial charge in [0.05, 0.1) is 12.1 Å². The summed E-state index contributed by atoms with van der Waals surface area (Å²) < 4.78 is 75.5. The Morgan fingerprint density at radius 3 is 1.58 bits per heavy atom. The quantitative estimate of drug-likeness (QED) is 0.119. The summed E-state index contributed by atoms with van der Waals surface area (Å²) in [5.74, 6) is 3.04. The molecule has 2 unspecified atom stereocenters. The molecule has 0 aromatic heterocycles. The highest BCUT2D eigenvalue weighted by atomic mass is 32.2. The van der Waals surface area contributed by atoms with E-state index in [0.29, 0.717) is 31.7 Å². The highest BCUT2D eigenvalue weighted by Gasteiger charge is 2.51. The maximum Gasteiger partial charge on any atom is 0.534 e. The number of allylic oxidation sites excluding steroid dienone is 2. The van der Waals surface area contributed by atoms with Crippen molar-refractivity contribution >= 4 is 38.5 Å². The van der Waals surface area contributed by atoms with Crippen molar-refractivity contribution in [2.24, 2.45) is 0 Å². The molecule has 4 bridgehead atoms. The van der Waals surface area contributed by atoms with Crippen molar-refractivity contribution in [3.05, 3.63) is 23.5 Å². The van der Waals surface area contributed by atoms with Crippen LogP contribution in [0.1, 0.15) is 92.9 Å². The van der Waals surface area contributed by atoms with Crippen molar-refractivity contribution < 1.29 is 44.8 Å². The van der Waals surface area contributed by atoms with E-state index in [1.54, 1.807) is 20.8 Å². The fraction of sp³-hybridized carbons (Fsp3) is 0.730. The van der Waals surface area contributed by atoms with Crippen molar-refractivity contribution in [3.63, 3.8) is 0 Å². The van der Waals surface area contributed by atoms with Gasteiger partial charge in [-0.1, -0.05) is 51.3 Å². The van der Waals surface area contributed by atoms with Gasteiger partial charge in [0, 0.05) is 17.7 Å². The van der Waals surface area contributed by atoms with Crippen LogP contribution in [0.25, 0.3) is 0 Å². The van der Waals surface area contributed by atoms with Gasteiger partial charge in [0.15, 0.2) is 0 Å². The maximum absolute atomic E-state index is 12.6. The number of nitrogens with zero attached hydrogens (tertiary/aromatic N) is 2. The lowest BCUT2D eigenvalue weighted by Crippen LogP contribution is -2.45. The molecule has 15 heteroatoms. The van der Waals surface area contributed by atoms with Crippen LogP contribution in [0.3, 0.4) is 0 Å². The maximum atomic E-state index is 12.6. The summed E-state index contributed by atoms with van der Waals surface area (Å²) in [6.45, 7) is 24.0. The minimum Gasteiger partial charge on any atom is -0.444 e. The molecular weight excluding hydrogens is 730 g/mol. The predicted molar refractivity (Wildman–Crippen MR) is 204 cm³/mol. The highest BCUT2D eigenvalue weighted by molar-refractivity contribution is 7.87. The van der Waals surface area contributed by atoms with E-state index in [1.807, 2.05) is 25.7 Å². The number of fused-ring (bicyclic) bond motifs is 4. The monoisotopic (exact) mass is 788 g/mol. The van der Waals surface area contributed by atoms with Crippen LogP contribution in [0, 0.1) is 23.4 Å². The van der Waals surface area contributed by atoms with Gasteiger partial charge in [0.1, 0.15) is 33.1 Å². The number of hydrogen-bond acceptors (Lipinski definition) is 7. The number of halogens is 3. The van der Waals surface area contributed by atoms with E-state index in [9.17, 15) is 31.2 Å². The number of alkyl halides is 3. The van der Waals surface area contributed by atoms with Gasteiger partial charge in [-0.05, 0) is 99.0 Å². The smallest absolute Gasteiger partial charge is 0.444 e. The lowest BCUT2D eigenvalue weighted by Gasteiger charge is -2.31. The van der Waals surface area contributed by atoms with E-state index in [0.717, 1.165) is 31.3 Å². The molecule has 0 N–H and O–H groups in total. The summed E-state index contributed by atoms with van der Waals surface area (Å²) in [6, 6.07) is -0.659. The Morgan fingerprint density at radius 1 is 0.750 bits per heavy atom. The number of terminal acetylenes is 1. The number of carbonyl (C=O) groups excluding carboxylic acids is 2. The second kappa shape index (κ2) is 17.1. The molecule has 2 fully saturated rings. The molecule has 52 heavy (non-hydrogen) atoms. The topological polar surface area (TPSA) is 102 Å². The third-order valence-corrected chi connectivity index (χ3v) is 10.8. The molecule has 4 rings (SSSR count). The largest absolute Gasteiger partial charge is 0.534 e. The SMILES string of the molecule is C#C[Si](C)(C)C.CC(C)(C)OC(=O)N1C2CC[C@@H]1CCC=C2C#C[Si](C)(C)C.CC(C)(C)OC(=O)N1C2CC[C@@H]1CCC=C2OS(=O)(=O)C(F)(F)F. The molecule has 4 atom stereocenters. The number of rotatable bonds is 2. The Bertz CT molecular complexity index is 1570. The van der Waals surface area contributed by atoms with Crippen molar-refractivity contribution in [3.8, 4) is 23.4 Å². The summed E-state index contributed by atoms with van der Waals surface area (Å²) in [4.78, 5) is 28.3. The van der Waals surface area contributed by atoms with Crippen molar-refractivity contribution in [2.75, 3.05) is 0 Å². The molecule has 4 heterocycles. The molecule has 0 radical (unpaired) electrons. The zero-order valence-electron chi connectivity index (χ0n) is 33.0. The molecule has 4 aliphatic heterocycles. The van der Waals surface area contributed by atoms with Crippen LogP contribution in [0.5, 0.6) is 0 Å². The van der Waals surface area contributed by atoms with Crippen LogP contribution in [0.15, 0.2) is 23.5 Å². The molecule has 0 aliphatic carbocycles. The van der Waals surface area contributed by atoms with Crippen molar-refractivity contribution in [1.29, 1.82) is 0 Å². The molecule has 9 nitrogen and oxygen atoms in total. The highest BCUT2D eigenvalue weighted by Crippen LogP contribution is 2.39. The van der Waals surface area contributed by atoms with Crippen molar-refractivity contribution in [2.45, 2.75) is 173 Å². The Morgan fingerprint density at radius 2 is 1.17 bits per heavy atom. The van der Waals surface area contributed by atoms with Gasteiger partial charge >= 0.3 is 27.8 Å². The van der Waals surface area contributed by atoms with Crippen LogP contribution >= 0.6 is 0 Å². The average Bonchev–Trinajstić information content (AvgIpc) is 3.44. The summed E-state index contributed by atoms with van der Waals surface area (Å²) in [6.07, 6.45) is 13.6. The van der Waals surface area contributed by atoms with Gasteiger partial charge in [-0.25, -0.2) is 9.59 Å². The Hall–Kier alpha value is -2.89. The molecule has 0 saturated carbocycles. The second-order valence-electron chi connectivity index (χ2n) is 17.6. The Balaban J connectivity index is 0.000000312. The van der Waals surface area contributed by atoms with E-state index in [1.165, 1.54) is 11.0 Å². The van der Waals surface area contributed by atoms with Crippen molar-refractivity contribution in [1.82, 2.24) is 9.80 Å². The number of amides is 2. The van der Waals surface area contributed by atoms with Crippen LogP contribution in [-0.2, 0) is 23.8 Å². The molecular formula is C37H59F3N2O7SSi2.